The highest BCUT2D eigenvalue weighted by molar-refractivity contribution is 7.89. The van der Waals surface area contributed by atoms with Crippen molar-refractivity contribution in [3.05, 3.63) is 59.7 Å². The van der Waals surface area contributed by atoms with Crippen molar-refractivity contribution in [2.45, 2.75) is 11.4 Å². The Balaban J connectivity index is 1.69. The van der Waals surface area contributed by atoms with Crippen LogP contribution in [0.4, 0.5) is 8.78 Å². The molecule has 0 amide bonds. The van der Waals surface area contributed by atoms with Crippen LogP contribution < -0.4 is 4.74 Å². The molecule has 0 unspecified atom stereocenters. The van der Waals surface area contributed by atoms with Gasteiger partial charge < -0.3 is 4.74 Å². The minimum atomic E-state index is -4.06. The van der Waals surface area contributed by atoms with E-state index in [1.807, 2.05) is 24.3 Å². The summed E-state index contributed by atoms with van der Waals surface area (Å²) in [5, 5.41) is 0. The predicted molar refractivity (Wildman–Crippen MR) is 93.4 cm³/mol. The first-order valence-electron chi connectivity index (χ1n) is 8.21. The maximum absolute atomic E-state index is 13.9. The first kappa shape index (κ1) is 18.8. The van der Waals surface area contributed by atoms with E-state index in [1.54, 1.807) is 7.11 Å². The molecule has 0 saturated carbocycles. The van der Waals surface area contributed by atoms with Gasteiger partial charge in [-0.2, -0.15) is 4.31 Å². The van der Waals surface area contributed by atoms with Crippen LogP contribution in [-0.2, 0) is 16.6 Å². The number of nitrogens with zero attached hydrogens (tertiary/aromatic N) is 2. The van der Waals surface area contributed by atoms with Crippen LogP contribution in [-0.4, -0.2) is 50.9 Å². The van der Waals surface area contributed by atoms with Gasteiger partial charge in [0.05, 0.1) is 7.11 Å². The lowest BCUT2D eigenvalue weighted by Gasteiger charge is -2.34. The van der Waals surface area contributed by atoms with Crippen molar-refractivity contribution in [3.63, 3.8) is 0 Å². The first-order valence-corrected chi connectivity index (χ1v) is 9.65. The van der Waals surface area contributed by atoms with Gasteiger partial charge in [-0.25, -0.2) is 17.2 Å². The third-order valence-corrected chi connectivity index (χ3v) is 6.34. The molecule has 1 saturated heterocycles. The molecule has 1 aliphatic heterocycles. The summed E-state index contributed by atoms with van der Waals surface area (Å²) in [7, 11) is -2.45. The van der Waals surface area contributed by atoms with E-state index < -0.39 is 26.6 Å². The molecular formula is C18H20F2N2O3S. The van der Waals surface area contributed by atoms with Gasteiger partial charge in [0.25, 0.3) is 0 Å². The summed E-state index contributed by atoms with van der Waals surface area (Å²) in [5.74, 6) is -0.938. The summed E-state index contributed by atoms with van der Waals surface area (Å²) in [6.45, 7) is 2.05. The van der Waals surface area contributed by atoms with Gasteiger partial charge in [0.1, 0.15) is 22.3 Å². The van der Waals surface area contributed by atoms with E-state index in [9.17, 15) is 17.2 Å². The fourth-order valence-electron chi connectivity index (χ4n) is 3.02. The van der Waals surface area contributed by atoms with Gasteiger partial charge in [0.15, 0.2) is 0 Å². The van der Waals surface area contributed by atoms with Gasteiger partial charge in [-0.05, 0) is 24.3 Å². The highest BCUT2D eigenvalue weighted by Crippen LogP contribution is 2.23. The van der Waals surface area contributed by atoms with Crippen molar-refractivity contribution in [1.82, 2.24) is 9.21 Å². The highest BCUT2D eigenvalue weighted by atomic mass is 32.2. The van der Waals surface area contributed by atoms with Gasteiger partial charge >= 0.3 is 0 Å². The molecule has 0 radical (unpaired) electrons. The van der Waals surface area contributed by atoms with Crippen molar-refractivity contribution in [2.24, 2.45) is 0 Å². The highest BCUT2D eigenvalue weighted by Gasteiger charge is 2.31. The predicted octanol–water partition coefficient (Wildman–Crippen LogP) is 2.48. The molecule has 5 nitrogen and oxygen atoms in total. The number of hydrogen-bond acceptors (Lipinski definition) is 4. The monoisotopic (exact) mass is 382 g/mol. The SMILES string of the molecule is COc1ccccc1CN1CCN(S(=O)(=O)c2cc(F)ccc2F)CC1. The summed E-state index contributed by atoms with van der Waals surface area (Å²) in [6.07, 6.45) is 0. The van der Waals surface area contributed by atoms with Gasteiger partial charge in [-0.1, -0.05) is 18.2 Å². The topological polar surface area (TPSA) is 49.9 Å². The van der Waals surface area contributed by atoms with Crippen LogP contribution in [0.2, 0.25) is 0 Å². The molecule has 0 atom stereocenters. The molecule has 2 aromatic rings. The summed E-state index contributed by atoms with van der Waals surface area (Å²) < 4.78 is 59.0. The first-order chi connectivity index (χ1) is 12.4. The average molecular weight is 382 g/mol. The Morgan fingerprint density at radius 3 is 2.42 bits per heavy atom. The number of rotatable bonds is 5. The number of halogens is 2. The van der Waals surface area contributed by atoms with Crippen LogP contribution in [0.5, 0.6) is 5.75 Å². The van der Waals surface area contributed by atoms with Crippen LogP contribution >= 0.6 is 0 Å². The Morgan fingerprint density at radius 1 is 1.04 bits per heavy atom. The van der Waals surface area contributed by atoms with Crippen LogP contribution in [0.15, 0.2) is 47.4 Å². The molecule has 8 heteroatoms. The van der Waals surface area contributed by atoms with Crippen molar-refractivity contribution in [3.8, 4) is 5.75 Å². The zero-order valence-electron chi connectivity index (χ0n) is 14.4. The van der Waals surface area contributed by atoms with E-state index in [0.717, 1.165) is 29.5 Å². The third-order valence-electron chi connectivity index (χ3n) is 4.43. The Labute approximate surface area is 151 Å². The maximum atomic E-state index is 13.9. The maximum Gasteiger partial charge on any atom is 0.246 e. The van der Waals surface area contributed by atoms with Gasteiger partial charge in [-0.3, -0.25) is 4.90 Å². The Hall–Kier alpha value is -2.03. The van der Waals surface area contributed by atoms with Crippen LogP contribution in [0.1, 0.15) is 5.56 Å². The summed E-state index contributed by atoms with van der Waals surface area (Å²) in [4.78, 5) is 1.49. The summed E-state index contributed by atoms with van der Waals surface area (Å²) >= 11 is 0. The average Bonchev–Trinajstić information content (AvgIpc) is 2.64. The van der Waals surface area contributed by atoms with Crippen molar-refractivity contribution in [2.75, 3.05) is 33.3 Å². The third kappa shape index (κ3) is 3.87. The minimum Gasteiger partial charge on any atom is -0.496 e. The Bertz CT molecular complexity index is 882. The van der Waals surface area contributed by atoms with Crippen molar-refractivity contribution < 1.29 is 21.9 Å². The zero-order valence-corrected chi connectivity index (χ0v) is 15.2. The van der Waals surface area contributed by atoms with E-state index in [2.05, 4.69) is 4.90 Å². The quantitative estimate of drug-likeness (QED) is 0.797. The van der Waals surface area contributed by atoms with E-state index in [4.69, 9.17) is 4.74 Å². The second-order valence-corrected chi connectivity index (χ2v) is 7.97. The molecule has 0 bridgehead atoms. The standard InChI is InChI=1S/C18H20F2N2O3S/c1-25-17-5-3-2-4-14(17)13-21-8-10-22(11-9-21)26(23,24)18-12-15(19)6-7-16(18)20/h2-7,12H,8-11,13H2,1H3. The Morgan fingerprint density at radius 2 is 1.73 bits per heavy atom. The molecule has 1 aliphatic rings. The second-order valence-electron chi connectivity index (χ2n) is 6.07. The lowest BCUT2D eigenvalue weighted by Crippen LogP contribution is -2.48. The number of ether oxygens (including phenoxy) is 1. The van der Waals surface area contributed by atoms with Crippen LogP contribution in [0, 0.1) is 11.6 Å². The summed E-state index contributed by atoms with van der Waals surface area (Å²) in [6, 6.07) is 10.1. The van der Waals surface area contributed by atoms with Gasteiger partial charge in [-0.15, -0.1) is 0 Å². The number of hydrogen-bond donors (Lipinski definition) is 0. The molecule has 2 aromatic carbocycles. The molecular weight excluding hydrogens is 362 g/mol. The van der Waals surface area contributed by atoms with E-state index in [0.29, 0.717) is 19.6 Å². The number of sulfonamides is 1. The van der Waals surface area contributed by atoms with Crippen molar-refractivity contribution >= 4 is 10.0 Å². The number of para-hydroxylation sites is 1. The van der Waals surface area contributed by atoms with E-state index in [-0.39, 0.29) is 13.1 Å². The molecule has 140 valence electrons. The Kier molecular flexibility index (Phi) is 5.55. The van der Waals surface area contributed by atoms with Crippen LogP contribution in [0.3, 0.4) is 0 Å². The number of piperazine rings is 1. The summed E-state index contributed by atoms with van der Waals surface area (Å²) in [5.41, 5.74) is 1.02. The fraction of sp³-hybridized carbons (Fsp3) is 0.333. The normalized spacial score (nSPS) is 16.6. The van der Waals surface area contributed by atoms with Crippen molar-refractivity contribution in [1.29, 1.82) is 0 Å². The lowest BCUT2D eigenvalue weighted by atomic mass is 10.2. The molecule has 1 heterocycles. The zero-order chi connectivity index (χ0) is 18.7. The molecule has 3 rings (SSSR count). The molecule has 26 heavy (non-hydrogen) atoms. The fourth-order valence-corrected chi connectivity index (χ4v) is 4.51. The number of methoxy groups -OCH3 is 1. The van der Waals surface area contributed by atoms with E-state index in [1.165, 1.54) is 4.31 Å². The molecule has 1 fully saturated rings. The van der Waals surface area contributed by atoms with Crippen LogP contribution in [0.25, 0.3) is 0 Å². The van der Waals surface area contributed by atoms with Gasteiger partial charge in [0.2, 0.25) is 10.0 Å². The molecule has 0 aromatic heterocycles. The molecule has 0 spiro atoms. The lowest BCUT2D eigenvalue weighted by molar-refractivity contribution is 0.179. The largest absolute Gasteiger partial charge is 0.496 e. The smallest absolute Gasteiger partial charge is 0.246 e. The van der Waals surface area contributed by atoms with Gasteiger partial charge in [0, 0.05) is 38.3 Å². The molecule has 0 N–H and O–H groups in total. The number of benzene rings is 2. The molecule has 0 aliphatic carbocycles. The van der Waals surface area contributed by atoms with E-state index >= 15 is 0 Å². The minimum absolute atomic E-state index is 0.216. The second kappa shape index (κ2) is 7.69.